The van der Waals surface area contributed by atoms with Crippen LogP contribution in [-0.4, -0.2) is 33.7 Å². The van der Waals surface area contributed by atoms with Crippen LogP contribution in [-0.2, 0) is 13.0 Å². The van der Waals surface area contributed by atoms with Gasteiger partial charge in [-0.05, 0) is 31.9 Å². The average molecular weight is 338 g/mol. The van der Waals surface area contributed by atoms with E-state index in [0.717, 1.165) is 10.7 Å². The van der Waals surface area contributed by atoms with Crippen molar-refractivity contribution in [2.75, 3.05) is 13.1 Å². The van der Waals surface area contributed by atoms with E-state index in [1.54, 1.807) is 11.3 Å². The molecule has 2 heterocycles. The molecule has 1 fully saturated rings. The number of rotatable bonds is 4. The molecule has 6 heteroatoms. The van der Waals surface area contributed by atoms with Crippen molar-refractivity contribution in [3.63, 3.8) is 0 Å². The maximum atomic E-state index is 13.7. The van der Waals surface area contributed by atoms with Crippen molar-refractivity contribution in [2.45, 2.75) is 38.3 Å². The van der Waals surface area contributed by atoms with E-state index in [4.69, 9.17) is 0 Å². The molecule has 1 aliphatic heterocycles. The summed E-state index contributed by atoms with van der Waals surface area (Å²) < 4.78 is 27.4. The van der Waals surface area contributed by atoms with Crippen LogP contribution in [0.4, 0.5) is 8.78 Å². The number of benzene rings is 1. The second-order valence-corrected chi connectivity index (χ2v) is 7.20. The van der Waals surface area contributed by atoms with Crippen LogP contribution in [0.5, 0.6) is 0 Å². The summed E-state index contributed by atoms with van der Waals surface area (Å²) in [4.78, 5) is 6.39. The van der Waals surface area contributed by atoms with Crippen LogP contribution in [0.3, 0.4) is 0 Å². The van der Waals surface area contributed by atoms with Crippen molar-refractivity contribution in [2.24, 2.45) is 0 Å². The summed E-state index contributed by atoms with van der Waals surface area (Å²) >= 11 is 1.57. The van der Waals surface area contributed by atoms with Gasteiger partial charge < -0.3 is 5.11 Å². The average Bonchev–Trinajstić information content (AvgIpc) is 2.90. The minimum absolute atomic E-state index is 0.105. The summed E-state index contributed by atoms with van der Waals surface area (Å²) in [6.45, 7) is 3.42. The Labute approximate surface area is 138 Å². The van der Waals surface area contributed by atoms with Crippen LogP contribution in [0.25, 0.3) is 0 Å². The molecule has 1 aromatic carbocycles. The van der Waals surface area contributed by atoms with Crippen LogP contribution in [0, 0.1) is 18.6 Å². The zero-order valence-electron chi connectivity index (χ0n) is 13.1. The van der Waals surface area contributed by atoms with Crippen LogP contribution in [0.2, 0.25) is 0 Å². The molecule has 0 aliphatic carbocycles. The maximum absolute atomic E-state index is 13.7. The predicted molar refractivity (Wildman–Crippen MR) is 86.4 cm³/mol. The molecule has 1 aromatic heterocycles. The topological polar surface area (TPSA) is 36.4 Å². The molecule has 0 radical (unpaired) electrons. The van der Waals surface area contributed by atoms with E-state index in [2.05, 4.69) is 4.98 Å². The Morgan fingerprint density at radius 3 is 2.48 bits per heavy atom. The SMILES string of the molecule is Cc1csc(CC2(O)CCN(Cc3c(F)cccc3F)CC2)n1. The number of hydrogen-bond donors (Lipinski definition) is 1. The van der Waals surface area contributed by atoms with Gasteiger partial charge in [0.25, 0.3) is 0 Å². The first-order valence-electron chi connectivity index (χ1n) is 7.74. The third-order valence-corrected chi connectivity index (χ3v) is 5.34. The zero-order valence-corrected chi connectivity index (χ0v) is 13.9. The number of thiazole rings is 1. The lowest BCUT2D eigenvalue weighted by Gasteiger charge is -2.38. The lowest BCUT2D eigenvalue weighted by atomic mass is 9.88. The van der Waals surface area contributed by atoms with Crippen molar-refractivity contribution in [3.05, 3.63) is 51.5 Å². The van der Waals surface area contributed by atoms with E-state index in [0.29, 0.717) is 32.4 Å². The van der Waals surface area contributed by atoms with E-state index >= 15 is 0 Å². The van der Waals surface area contributed by atoms with Gasteiger partial charge in [0.05, 0.1) is 10.6 Å². The van der Waals surface area contributed by atoms with Crippen molar-refractivity contribution in [1.82, 2.24) is 9.88 Å². The molecule has 23 heavy (non-hydrogen) atoms. The van der Waals surface area contributed by atoms with Gasteiger partial charge in [-0.15, -0.1) is 11.3 Å². The molecule has 1 saturated heterocycles. The lowest BCUT2D eigenvalue weighted by molar-refractivity contribution is -0.0228. The highest BCUT2D eigenvalue weighted by atomic mass is 32.1. The number of aromatic nitrogens is 1. The summed E-state index contributed by atoms with van der Waals surface area (Å²) in [5, 5.41) is 13.6. The van der Waals surface area contributed by atoms with Crippen molar-refractivity contribution in [3.8, 4) is 0 Å². The Hall–Kier alpha value is -1.37. The normalized spacial score (nSPS) is 18.3. The molecular weight excluding hydrogens is 318 g/mol. The van der Waals surface area contributed by atoms with Crippen LogP contribution >= 0.6 is 11.3 Å². The fraction of sp³-hybridized carbons (Fsp3) is 0.471. The number of halogens is 2. The molecule has 0 atom stereocenters. The van der Waals surface area contributed by atoms with Gasteiger partial charge in [0.2, 0.25) is 0 Å². The second kappa shape index (κ2) is 6.63. The van der Waals surface area contributed by atoms with Crippen LogP contribution < -0.4 is 0 Å². The monoisotopic (exact) mass is 338 g/mol. The van der Waals surface area contributed by atoms with E-state index in [1.165, 1.54) is 18.2 Å². The maximum Gasteiger partial charge on any atom is 0.130 e. The van der Waals surface area contributed by atoms with E-state index in [9.17, 15) is 13.9 Å². The Balaban J connectivity index is 1.59. The molecule has 3 rings (SSSR count). The fourth-order valence-electron chi connectivity index (χ4n) is 2.98. The van der Waals surface area contributed by atoms with Crippen molar-refractivity contribution >= 4 is 11.3 Å². The summed E-state index contributed by atoms with van der Waals surface area (Å²) in [5.74, 6) is -1.02. The molecule has 0 unspecified atom stereocenters. The number of aryl methyl sites for hydroxylation is 1. The molecule has 1 aliphatic rings. The van der Waals surface area contributed by atoms with Crippen molar-refractivity contribution in [1.29, 1.82) is 0 Å². The molecule has 0 amide bonds. The summed E-state index contributed by atoms with van der Waals surface area (Å²) in [5.41, 5.74) is 0.309. The van der Waals surface area contributed by atoms with Gasteiger partial charge in [-0.2, -0.15) is 0 Å². The van der Waals surface area contributed by atoms with Gasteiger partial charge in [-0.3, -0.25) is 4.90 Å². The Kier molecular flexibility index (Phi) is 4.75. The standard InChI is InChI=1S/C17H20F2N2OS/c1-12-11-23-16(20-12)9-17(22)5-7-21(8-6-17)10-13-14(18)3-2-4-15(13)19/h2-4,11,22H,5-10H2,1H3. The summed E-state index contributed by atoms with van der Waals surface area (Å²) in [7, 11) is 0. The molecule has 0 spiro atoms. The third kappa shape index (κ3) is 3.94. The van der Waals surface area contributed by atoms with Crippen LogP contribution in [0.1, 0.15) is 29.1 Å². The fourth-order valence-corrected chi connectivity index (χ4v) is 3.88. The number of likely N-dealkylation sites (tertiary alicyclic amines) is 1. The first-order valence-corrected chi connectivity index (χ1v) is 8.62. The molecule has 0 saturated carbocycles. The van der Waals surface area contributed by atoms with Gasteiger partial charge in [0.1, 0.15) is 11.6 Å². The highest BCUT2D eigenvalue weighted by Crippen LogP contribution is 2.28. The number of aliphatic hydroxyl groups is 1. The number of nitrogens with zero attached hydrogens (tertiary/aromatic N) is 2. The van der Waals surface area contributed by atoms with Gasteiger partial charge in [0.15, 0.2) is 0 Å². The molecular formula is C17H20F2N2OS. The Morgan fingerprint density at radius 1 is 1.26 bits per heavy atom. The molecule has 3 nitrogen and oxygen atoms in total. The van der Waals surface area contributed by atoms with Gasteiger partial charge in [-0.1, -0.05) is 6.07 Å². The molecule has 1 N–H and O–H groups in total. The highest BCUT2D eigenvalue weighted by molar-refractivity contribution is 7.09. The molecule has 2 aromatic rings. The van der Waals surface area contributed by atoms with Crippen LogP contribution in [0.15, 0.2) is 23.6 Å². The molecule has 124 valence electrons. The van der Waals surface area contributed by atoms with E-state index in [1.807, 2.05) is 17.2 Å². The van der Waals surface area contributed by atoms with E-state index < -0.39 is 17.2 Å². The predicted octanol–water partition coefficient (Wildman–Crippen LogP) is 3.30. The summed E-state index contributed by atoms with van der Waals surface area (Å²) in [6.07, 6.45) is 1.72. The largest absolute Gasteiger partial charge is 0.389 e. The third-order valence-electron chi connectivity index (χ3n) is 4.38. The quantitative estimate of drug-likeness (QED) is 0.929. The van der Waals surface area contributed by atoms with Gasteiger partial charge in [-0.25, -0.2) is 13.8 Å². The first-order chi connectivity index (χ1) is 11.0. The van der Waals surface area contributed by atoms with E-state index in [-0.39, 0.29) is 12.1 Å². The lowest BCUT2D eigenvalue weighted by Crippen LogP contribution is -2.45. The number of hydrogen-bond acceptors (Lipinski definition) is 4. The number of piperidine rings is 1. The zero-order chi connectivity index (χ0) is 16.4. The minimum Gasteiger partial charge on any atom is -0.389 e. The smallest absolute Gasteiger partial charge is 0.130 e. The minimum atomic E-state index is -0.769. The highest BCUT2D eigenvalue weighted by Gasteiger charge is 2.33. The Morgan fingerprint density at radius 2 is 1.91 bits per heavy atom. The summed E-state index contributed by atoms with van der Waals surface area (Å²) in [6, 6.07) is 3.94. The van der Waals surface area contributed by atoms with Gasteiger partial charge in [0, 0.05) is 42.7 Å². The first kappa shape index (κ1) is 16.5. The van der Waals surface area contributed by atoms with Crippen molar-refractivity contribution < 1.29 is 13.9 Å². The second-order valence-electron chi connectivity index (χ2n) is 6.26. The van der Waals surface area contributed by atoms with Gasteiger partial charge >= 0.3 is 0 Å². The Bertz CT molecular complexity index is 661. The molecule has 0 bridgehead atoms.